The lowest BCUT2D eigenvalue weighted by Gasteiger charge is -2.33. The Kier molecular flexibility index (Phi) is 4.81. The van der Waals surface area contributed by atoms with Gasteiger partial charge >= 0.3 is 0 Å². The number of aromatic nitrogens is 2. The predicted octanol–water partition coefficient (Wildman–Crippen LogP) is 3.29. The standard InChI is InChI=1S/C13H22N3S2/c1-4-5-9-17-13-12(14-18-15-13)11-7-6-8-16(2,3)10-11/h7H,4-6,8-10H2,1-3H3/q+1. The maximum Gasteiger partial charge on any atom is 0.138 e. The second kappa shape index (κ2) is 6.17. The molecule has 0 saturated carbocycles. The Labute approximate surface area is 118 Å². The molecule has 1 aliphatic heterocycles. The molecule has 0 unspecified atom stereocenters. The van der Waals surface area contributed by atoms with Crippen molar-refractivity contribution in [3.63, 3.8) is 0 Å². The van der Waals surface area contributed by atoms with Crippen molar-refractivity contribution in [2.45, 2.75) is 31.2 Å². The third-order valence-electron chi connectivity index (χ3n) is 3.22. The first-order chi connectivity index (χ1) is 8.62. The minimum absolute atomic E-state index is 1.06. The summed E-state index contributed by atoms with van der Waals surface area (Å²) >= 11 is 3.21. The summed E-state index contributed by atoms with van der Waals surface area (Å²) in [5.41, 5.74) is 2.53. The Bertz CT molecular complexity index is 424. The highest BCUT2D eigenvalue weighted by molar-refractivity contribution is 7.99. The van der Waals surface area contributed by atoms with Gasteiger partial charge in [0.1, 0.15) is 17.3 Å². The Morgan fingerprint density at radius 3 is 2.94 bits per heavy atom. The van der Waals surface area contributed by atoms with Crippen LogP contribution in [0.4, 0.5) is 0 Å². The molecule has 5 heteroatoms. The van der Waals surface area contributed by atoms with Gasteiger partial charge in [-0.25, -0.2) is 0 Å². The smallest absolute Gasteiger partial charge is 0.138 e. The van der Waals surface area contributed by atoms with E-state index in [0.29, 0.717) is 0 Å². The van der Waals surface area contributed by atoms with Crippen LogP contribution in [0.15, 0.2) is 11.1 Å². The first kappa shape index (κ1) is 14.0. The fourth-order valence-corrected chi connectivity index (χ4v) is 3.94. The number of quaternary nitrogens is 1. The summed E-state index contributed by atoms with van der Waals surface area (Å²) in [6.45, 7) is 4.52. The monoisotopic (exact) mass is 284 g/mol. The molecule has 0 aliphatic carbocycles. The van der Waals surface area contributed by atoms with Crippen LogP contribution in [0, 0.1) is 0 Å². The van der Waals surface area contributed by atoms with E-state index in [0.717, 1.165) is 33.9 Å². The molecule has 100 valence electrons. The van der Waals surface area contributed by atoms with Crippen molar-refractivity contribution in [2.24, 2.45) is 0 Å². The van der Waals surface area contributed by atoms with Gasteiger partial charge in [0, 0.05) is 12.0 Å². The van der Waals surface area contributed by atoms with Crippen LogP contribution >= 0.6 is 23.5 Å². The summed E-state index contributed by atoms with van der Waals surface area (Å²) in [6, 6.07) is 0. The molecule has 0 bridgehead atoms. The van der Waals surface area contributed by atoms with Crippen molar-refractivity contribution in [1.82, 2.24) is 8.75 Å². The maximum absolute atomic E-state index is 4.52. The summed E-state index contributed by atoms with van der Waals surface area (Å²) in [7, 11) is 4.58. The van der Waals surface area contributed by atoms with Gasteiger partial charge in [-0.1, -0.05) is 19.4 Å². The fraction of sp³-hybridized carbons (Fsp3) is 0.692. The van der Waals surface area contributed by atoms with Crippen molar-refractivity contribution in [2.75, 3.05) is 32.9 Å². The zero-order chi connectivity index (χ0) is 13.0. The normalized spacial score (nSPS) is 18.7. The van der Waals surface area contributed by atoms with Crippen molar-refractivity contribution in [1.29, 1.82) is 0 Å². The summed E-state index contributed by atoms with van der Waals surface area (Å²) in [6.07, 6.45) is 6.00. The number of rotatable bonds is 5. The number of thioether (sulfide) groups is 1. The molecule has 0 aromatic carbocycles. The summed E-state index contributed by atoms with van der Waals surface area (Å²) in [5, 5.41) is 1.14. The largest absolute Gasteiger partial charge is 0.324 e. The van der Waals surface area contributed by atoms with E-state index in [1.165, 1.54) is 36.7 Å². The third kappa shape index (κ3) is 3.56. The maximum atomic E-state index is 4.52. The Balaban J connectivity index is 2.09. The molecule has 3 nitrogen and oxygen atoms in total. The van der Waals surface area contributed by atoms with Crippen molar-refractivity contribution in [3.05, 3.63) is 11.8 Å². The molecule has 1 aromatic rings. The first-order valence-corrected chi connectivity index (χ1v) is 8.31. The van der Waals surface area contributed by atoms with Crippen LogP contribution in [0.1, 0.15) is 31.9 Å². The van der Waals surface area contributed by atoms with Gasteiger partial charge in [-0.2, -0.15) is 8.75 Å². The van der Waals surface area contributed by atoms with Crippen molar-refractivity contribution < 1.29 is 4.48 Å². The average molecular weight is 284 g/mol. The topological polar surface area (TPSA) is 25.8 Å². The van der Waals surface area contributed by atoms with Crippen LogP contribution in [-0.2, 0) is 0 Å². The Morgan fingerprint density at radius 2 is 2.22 bits per heavy atom. The summed E-state index contributed by atoms with van der Waals surface area (Å²) < 4.78 is 10.0. The SMILES string of the molecule is CCCCSc1nsnc1C1=CCC[N+](C)(C)C1. The lowest BCUT2D eigenvalue weighted by Crippen LogP contribution is -2.43. The van der Waals surface area contributed by atoms with Crippen LogP contribution in [0.25, 0.3) is 5.57 Å². The van der Waals surface area contributed by atoms with Crippen LogP contribution in [0.3, 0.4) is 0 Å². The van der Waals surface area contributed by atoms with E-state index >= 15 is 0 Å². The molecule has 0 N–H and O–H groups in total. The van der Waals surface area contributed by atoms with E-state index in [-0.39, 0.29) is 0 Å². The molecule has 0 radical (unpaired) electrons. The van der Waals surface area contributed by atoms with Gasteiger partial charge < -0.3 is 4.48 Å². The van der Waals surface area contributed by atoms with Gasteiger partial charge in [-0.15, -0.1) is 11.8 Å². The minimum Gasteiger partial charge on any atom is -0.324 e. The molecule has 0 spiro atoms. The van der Waals surface area contributed by atoms with Crippen LogP contribution < -0.4 is 0 Å². The second-order valence-corrected chi connectivity index (χ2v) is 7.07. The minimum atomic E-state index is 1.06. The lowest BCUT2D eigenvalue weighted by atomic mass is 10.1. The quantitative estimate of drug-likeness (QED) is 0.471. The van der Waals surface area contributed by atoms with Gasteiger partial charge in [0.25, 0.3) is 0 Å². The number of hydrogen-bond acceptors (Lipinski definition) is 4. The average Bonchev–Trinajstić information content (AvgIpc) is 2.76. The van der Waals surface area contributed by atoms with Crippen LogP contribution in [-0.4, -0.2) is 46.2 Å². The fourth-order valence-electron chi connectivity index (χ4n) is 2.15. The van der Waals surface area contributed by atoms with E-state index in [4.69, 9.17) is 0 Å². The molecule has 1 aromatic heterocycles. The van der Waals surface area contributed by atoms with Crippen LogP contribution in [0.2, 0.25) is 0 Å². The van der Waals surface area contributed by atoms with E-state index in [2.05, 4.69) is 35.8 Å². The number of unbranched alkanes of at least 4 members (excludes halogenated alkanes) is 1. The van der Waals surface area contributed by atoms with E-state index in [1.807, 2.05) is 11.8 Å². The van der Waals surface area contributed by atoms with Gasteiger partial charge in [0.15, 0.2) is 0 Å². The van der Waals surface area contributed by atoms with E-state index < -0.39 is 0 Å². The zero-order valence-corrected chi connectivity index (χ0v) is 13.1. The molecule has 18 heavy (non-hydrogen) atoms. The van der Waals surface area contributed by atoms with Crippen molar-refractivity contribution >= 4 is 29.1 Å². The van der Waals surface area contributed by atoms with Gasteiger partial charge in [0.05, 0.1) is 32.4 Å². The van der Waals surface area contributed by atoms with Gasteiger partial charge in [-0.05, 0) is 12.2 Å². The number of hydrogen-bond donors (Lipinski definition) is 0. The summed E-state index contributed by atoms with van der Waals surface area (Å²) in [5.74, 6) is 1.15. The van der Waals surface area contributed by atoms with Gasteiger partial charge in [0.2, 0.25) is 0 Å². The highest BCUT2D eigenvalue weighted by Gasteiger charge is 2.25. The molecule has 0 amide bonds. The molecule has 0 fully saturated rings. The molecule has 2 rings (SSSR count). The van der Waals surface area contributed by atoms with Crippen LogP contribution in [0.5, 0.6) is 0 Å². The predicted molar refractivity (Wildman–Crippen MR) is 80.0 cm³/mol. The Hall–Kier alpha value is -0.390. The second-order valence-electron chi connectivity index (χ2n) is 5.46. The first-order valence-electron chi connectivity index (χ1n) is 6.59. The lowest BCUT2D eigenvalue weighted by molar-refractivity contribution is -0.883. The molecular weight excluding hydrogens is 262 g/mol. The van der Waals surface area contributed by atoms with Crippen molar-refractivity contribution in [3.8, 4) is 0 Å². The van der Waals surface area contributed by atoms with E-state index in [9.17, 15) is 0 Å². The van der Waals surface area contributed by atoms with E-state index in [1.54, 1.807) is 0 Å². The molecule has 2 heterocycles. The molecule has 0 atom stereocenters. The highest BCUT2D eigenvalue weighted by Crippen LogP contribution is 2.30. The number of nitrogens with zero attached hydrogens (tertiary/aromatic N) is 3. The highest BCUT2D eigenvalue weighted by atomic mass is 32.2. The third-order valence-corrected chi connectivity index (χ3v) is 4.92. The van der Waals surface area contributed by atoms with Gasteiger partial charge in [-0.3, -0.25) is 0 Å². The zero-order valence-electron chi connectivity index (χ0n) is 11.5. The number of likely N-dealkylation sites (N-methyl/N-ethyl adjacent to an activating group) is 1. The summed E-state index contributed by atoms with van der Waals surface area (Å²) in [4.78, 5) is 0. The molecule has 1 aliphatic rings. The Morgan fingerprint density at radius 1 is 1.39 bits per heavy atom. The molecule has 0 saturated heterocycles. The molecular formula is C13H22N3S2+.